The van der Waals surface area contributed by atoms with Crippen LogP contribution in [0.4, 0.5) is 5.82 Å². The summed E-state index contributed by atoms with van der Waals surface area (Å²) >= 11 is 5.73. The van der Waals surface area contributed by atoms with Gasteiger partial charge in [-0.1, -0.05) is 17.5 Å². The number of hydrogen-bond donors (Lipinski definition) is 1. The van der Waals surface area contributed by atoms with Crippen LogP contribution in [0, 0.1) is 12.3 Å². The van der Waals surface area contributed by atoms with Gasteiger partial charge in [0.15, 0.2) is 11.0 Å². The molecule has 1 heterocycles. The van der Waals surface area contributed by atoms with E-state index in [9.17, 15) is 0 Å². The van der Waals surface area contributed by atoms with Crippen LogP contribution in [0.5, 0.6) is 5.75 Å². The fourth-order valence-corrected chi connectivity index (χ4v) is 0.962. The lowest BCUT2D eigenvalue weighted by atomic mass is 10.5. The third-order valence-corrected chi connectivity index (χ3v) is 1.56. The maximum absolute atomic E-state index is 5.73. The van der Waals surface area contributed by atoms with Crippen molar-refractivity contribution in [3.63, 3.8) is 0 Å². The Bertz CT molecular complexity index is 351. The molecule has 74 valence electrons. The molecule has 0 spiro atoms. The van der Waals surface area contributed by atoms with Gasteiger partial charge >= 0.3 is 0 Å². The van der Waals surface area contributed by atoms with Crippen molar-refractivity contribution in [2.24, 2.45) is 0 Å². The number of halogens is 1. The summed E-state index contributed by atoms with van der Waals surface area (Å²) in [5, 5.41) is 0.203. The summed E-state index contributed by atoms with van der Waals surface area (Å²) in [5.41, 5.74) is 2.50. The smallest absolute Gasteiger partial charge is 0.201 e. The van der Waals surface area contributed by atoms with Crippen molar-refractivity contribution < 1.29 is 9.57 Å². The van der Waals surface area contributed by atoms with Crippen LogP contribution in [-0.4, -0.2) is 23.7 Å². The molecule has 0 amide bonds. The van der Waals surface area contributed by atoms with E-state index in [0.717, 1.165) is 0 Å². The fraction of sp³-hybridized carbons (Fsp3) is 0.250. The van der Waals surface area contributed by atoms with Gasteiger partial charge in [0.1, 0.15) is 12.9 Å². The summed E-state index contributed by atoms with van der Waals surface area (Å²) in [4.78, 5) is 12.4. The minimum absolute atomic E-state index is 0.116. The first-order valence-corrected chi connectivity index (χ1v) is 4.03. The van der Waals surface area contributed by atoms with Gasteiger partial charge in [0.05, 0.1) is 7.11 Å². The minimum atomic E-state index is 0.116. The lowest BCUT2D eigenvalue weighted by Crippen LogP contribution is -2.05. The number of terminal acetylenes is 1. The molecule has 1 aromatic rings. The molecule has 1 aromatic heterocycles. The monoisotopic (exact) mass is 213 g/mol. The van der Waals surface area contributed by atoms with Crippen LogP contribution in [0.25, 0.3) is 0 Å². The highest BCUT2D eigenvalue weighted by molar-refractivity contribution is 6.31. The van der Waals surface area contributed by atoms with Gasteiger partial charge in [-0.05, 0) is 0 Å². The van der Waals surface area contributed by atoms with Crippen LogP contribution < -0.4 is 10.2 Å². The Morgan fingerprint density at radius 2 is 2.43 bits per heavy atom. The molecule has 0 bridgehead atoms. The predicted octanol–water partition coefficient (Wildman–Crippen LogP) is 1.12. The average Bonchev–Trinajstić information content (AvgIpc) is 2.18. The van der Waals surface area contributed by atoms with E-state index in [4.69, 9.17) is 27.6 Å². The van der Waals surface area contributed by atoms with Gasteiger partial charge in [0.2, 0.25) is 5.75 Å². The zero-order valence-corrected chi connectivity index (χ0v) is 8.21. The van der Waals surface area contributed by atoms with E-state index < -0.39 is 0 Å². The number of nitrogens with one attached hydrogen (secondary N) is 1. The molecule has 6 heteroatoms. The van der Waals surface area contributed by atoms with Gasteiger partial charge in [0, 0.05) is 0 Å². The second-order valence-electron chi connectivity index (χ2n) is 2.14. The van der Waals surface area contributed by atoms with Crippen LogP contribution in [-0.2, 0) is 4.84 Å². The Morgan fingerprint density at radius 3 is 3.07 bits per heavy atom. The van der Waals surface area contributed by atoms with E-state index >= 15 is 0 Å². The van der Waals surface area contributed by atoms with Gasteiger partial charge in [-0.15, -0.1) is 6.42 Å². The van der Waals surface area contributed by atoms with E-state index in [0.29, 0.717) is 11.6 Å². The van der Waals surface area contributed by atoms with Crippen molar-refractivity contribution in [3.05, 3.63) is 11.5 Å². The standard InChI is InChI=1S/C8H8ClN3O2/c1-3-4-14-12-8-6(13-2)7(9)10-5-11-8/h1,5H,4H2,2H3,(H,10,11,12). The molecule has 0 aliphatic heterocycles. The molecule has 0 fully saturated rings. The summed E-state index contributed by atoms with van der Waals surface area (Å²) in [5.74, 6) is 2.94. The predicted molar refractivity (Wildman–Crippen MR) is 52.0 cm³/mol. The molecule has 0 aliphatic carbocycles. The van der Waals surface area contributed by atoms with Crippen molar-refractivity contribution in [2.75, 3.05) is 19.2 Å². The van der Waals surface area contributed by atoms with Crippen LogP contribution in [0.3, 0.4) is 0 Å². The molecule has 1 N–H and O–H groups in total. The highest BCUT2D eigenvalue weighted by Crippen LogP contribution is 2.27. The summed E-state index contributed by atoms with van der Waals surface area (Å²) in [6.07, 6.45) is 6.27. The number of nitrogens with zero attached hydrogens (tertiary/aromatic N) is 2. The number of rotatable bonds is 4. The van der Waals surface area contributed by atoms with Crippen molar-refractivity contribution in [2.45, 2.75) is 0 Å². The quantitative estimate of drug-likeness (QED) is 0.352. The molecule has 0 radical (unpaired) electrons. The zero-order chi connectivity index (χ0) is 10.4. The van der Waals surface area contributed by atoms with Gasteiger partial charge in [-0.2, -0.15) is 0 Å². The van der Waals surface area contributed by atoms with Gasteiger partial charge < -0.3 is 4.74 Å². The third kappa shape index (κ3) is 2.49. The highest BCUT2D eigenvalue weighted by atomic mass is 35.5. The van der Waals surface area contributed by atoms with E-state index in [1.165, 1.54) is 13.4 Å². The van der Waals surface area contributed by atoms with E-state index in [-0.39, 0.29) is 11.8 Å². The zero-order valence-electron chi connectivity index (χ0n) is 7.45. The van der Waals surface area contributed by atoms with Crippen LogP contribution >= 0.6 is 11.6 Å². The molecular formula is C8H8ClN3O2. The molecule has 1 rings (SSSR count). The topological polar surface area (TPSA) is 56.3 Å². The van der Waals surface area contributed by atoms with Gasteiger partial charge in [0.25, 0.3) is 0 Å². The fourth-order valence-electron chi connectivity index (χ4n) is 0.752. The van der Waals surface area contributed by atoms with Gasteiger partial charge in [-0.3, -0.25) is 4.84 Å². The number of methoxy groups -OCH3 is 1. The molecule has 0 aliphatic rings. The third-order valence-electron chi connectivity index (χ3n) is 1.29. The summed E-state index contributed by atoms with van der Waals surface area (Å²) < 4.78 is 4.96. The largest absolute Gasteiger partial charge is 0.490 e. The summed E-state index contributed by atoms with van der Waals surface area (Å²) in [6, 6.07) is 0. The Labute approximate surface area is 86.4 Å². The van der Waals surface area contributed by atoms with Crippen LogP contribution in [0.1, 0.15) is 0 Å². The number of ether oxygens (including phenoxy) is 1. The molecule has 0 atom stereocenters. The SMILES string of the molecule is C#CCONc1ncnc(Cl)c1OC. The lowest BCUT2D eigenvalue weighted by molar-refractivity contribution is 0.230. The summed E-state index contributed by atoms with van der Waals surface area (Å²) in [6.45, 7) is 0.116. The van der Waals surface area contributed by atoms with E-state index in [1.54, 1.807) is 0 Å². The first kappa shape index (κ1) is 10.6. The second kappa shape index (κ2) is 5.27. The lowest BCUT2D eigenvalue weighted by Gasteiger charge is -2.08. The molecule has 0 saturated carbocycles. The Balaban J connectivity index is 2.76. The van der Waals surface area contributed by atoms with Crippen molar-refractivity contribution in [1.82, 2.24) is 9.97 Å². The Hall–Kier alpha value is -1.51. The second-order valence-corrected chi connectivity index (χ2v) is 2.50. The Kier molecular flexibility index (Phi) is 3.98. The number of hydrogen-bond acceptors (Lipinski definition) is 5. The summed E-state index contributed by atoms with van der Waals surface area (Å²) in [7, 11) is 1.46. The van der Waals surface area contributed by atoms with Crippen molar-refractivity contribution >= 4 is 17.4 Å². The Morgan fingerprint density at radius 1 is 1.64 bits per heavy atom. The molecule has 5 nitrogen and oxygen atoms in total. The average molecular weight is 214 g/mol. The van der Waals surface area contributed by atoms with Crippen molar-refractivity contribution in [3.8, 4) is 18.1 Å². The maximum Gasteiger partial charge on any atom is 0.201 e. The number of anilines is 1. The first-order chi connectivity index (χ1) is 6.79. The molecule has 14 heavy (non-hydrogen) atoms. The molecule has 0 unspecified atom stereocenters. The minimum Gasteiger partial charge on any atom is -0.490 e. The van der Waals surface area contributed by atoms with Crippen LogP contribution in [0.15, 0.2) is 6.33 Å². The normalized spacial score (nSPS) is 9.21. The number of aromatic nitrogens is 2. The van der Waals surface area contributed by atoms with Crippen LogP contribution in [0.2, 0.25) is 5.15 Å². The maximum atomic E-state index is 5.73. The van der Waals surface area contributed by atoms with Gasteiger partial charge in [-0.25, -0.2) is 15.4 Å². The van der Waals surface area contributed by atoms with E-state index in [1.807, 2.05) is 0 Å². The first-order valence-electron chi connectivity index (χ1n) is 3.65. The highest BCUT2D eigenvalue weighted by Gasteiger charge is 2.09. The molecular weight excluding hydrogens is 206 g/mol. The molecule has 0 aromatic carbocycles. The van der Waals surface area contributed by atoms with E-state index in [2.05, 4.69) is 21.4 Å². The molecule has 0 saturated heterocycles. The van der Waals surface area contributed by atoms with Crippen molar-refractivity contribution in [1.29, 1.82) is 0 Å².